The van der Waals surface area contributed by atoms with Gasteiger partial charge in [0.15, 0.2) is 0 Å². The van der Waals surface area contributed by atoms with Crippen LogP contribution in [0.4, 0.5) is 0 Å². The normalized spacial score (nSPS) is 18.5. The summed E-state index contributed by atoms with van der Waals surface area (Å²) in [5.74, 6) is 0.761. The van der Waals surface area contributed by atoms with E-state index < -0.39 is 0 Å². The largest absolute Gasteiger partial charge is 0.492 e. The van der Waals surface area contributed by atoms with Crippen molar-refractivity contribution in [2.75, 3.05) is 6.61 Å². The van der Waals surface area contributed by atoms with Crippen LogP contribution in [0.5, 0.6) is 5.75 Å². The van der Waals surface area contributed by atoms with Gasteiger partial charge in [0.2, 0.25) is 5.91 Å². The number of rotatable bonds is 2. The van der Waals surface area contributed by atoms with Crippen molar-refractivity contribution in [2.24, 2.45) is 5.92 Å². The highest BCUT2D eigenvalue weighted by molar-refractivity contribution is 6.30. The van der Waals surface area contributed by atoms with Crippen LogP contribution >= 0.6 is 11.6 Å². The first-order chi connectivity index (χ1) is 8.06. The van der Waals surface area contributed by atoms with E-state index >= 15 is 0 Å². The zero-order valence-electron chi connectivity index (χ0n) is 10.00. The number of hydrogen-bond donors (Lipinski definition) is 1. The van der Waals surface area contributed by atoms with Crippen molar-refractivity contribution in [3.63, 3.8) is 0 Å². The van der Waals surface area contributed by atoms with Crippen molar-refractivity contribution in [1.29, 1.82) is 0 Å². The van der Waals surface area contributed by atoms with E-state index in [0.29, 0.717) is 18.1 Å². The van der Waals surface area contributed by atoms with Gasteiger partial charge in [-0.1, -0.05) is 11.6 Å². The number of hydrogen-bond acceptors (Lipinski definition) is 2. The molecule has 0 saturated heterocycles. The number of amides is 1. The maximum Gasteiger partial charge on any atom is 0.227 e. The summed E-state index contributed by atoms with van der Waals surface area (Å²) in [7, 11) is 0. The van der Waals surface area contributed by atoms with Gasteiger partial charge in [-0.05, 0) is 44.0 Å². The molecule has 1 N–H and O–H groups in total. The molecule has 92 valence electrons. The van der Waals surface area contributed by atoms with E-state index in [0.717, 1.165) is 11.3 Å². The lowest BCUT2D eigenvalue weighted by molar-refractivity contribution is -0.126. The molecule has 0 bridgehead atoms. The first kappa shape index (κ1) is 12.2. The third kappa shape index (κ3) is 2.91. The quantitative estimate of drug-likeness (QED) is 0.879. The molecule has 1 atom stereocenters. The fourth-order valence-electron chi connectivity index (χ4n) is 1.93. The van der Waals surface area contributed by atoms with Crippen molar-refractivity contribution in [3.05, 3.63) is 28.8 Å². The first-order valence-corrected chi connectivity index (χ1v) is 6.15. The van der Waals surface area contributed by atoms with Crippen LogP contribution in [0.2, 0.25) is 5.02 Å². The van der Waals surface area contributed by atoms with Gasteiger partial charge in [0.05, 0.1) is 5.92 Å². The molecule has 1 heterocycles. The van der Waals surface area contributed by atoms with Crippen LogP contribution in [0.1, 0.15) is 19.4 Å². The van der Waals surface area contributed by atoms with Crippen LogP contribution in [-0.2, 0) is 11.2 Å². The molecule has 1 aromatic rings. The van der Waals surface area contributed by atoms with Crippen molar-refractivity contribution in [3.8, 4) is 5.75 Å². The molecule has 0 aliphatic carbocycles. The second kappa shape index (κ2) is 4.96. The van der Waals surface area contributed by atoms with E-state index in [2.05, 4.69) is 5.32 Å². The fourth-order valence-corrected chi connectivity index (χ4v) is 2.13. The van der Waals surface area contributed by atoms with Gasteiger partial charge in [-0.2, -0.15) is 0 Å². The van der Waals surface area contributed by atoms with Crippen molar-refractivity contribution in [1.82, 2.24) is 5.32 Å². The van der Waals surface area contributed by atoms with E-state index in [9.17, 15) is 4.79 Å². The van der Waals surface area contributed by atoms with Gasteiger partial charge in [-0.3, -0.25) is 4.79 Å². The van der Waals surface area contributed by atoms with Crippen LogP contribution < -0.4 is 10.1 Å². The first-order valence-electron chi connectivity index (χ1n) is 5.78. The molecule has 3 nitrogen and oxygen atoms in total. The fraction of sp³-hybridized carbons (Fsp3) is 0.462. The minimum absolute atomic E-state index is 0.0469. The Hall–Kier alpha value is -1.22. The van der Waals surface area contributed by atoms with Gasteiger partial charge in [-0.25, -0.2) is 0 Å². The Kier molecular flexibility index (Phi) is 3.57. The van der Waals surface area contributed by atoms with Crippen molar-refractivity contribution in [2.45, 2.75) is 26.3 Å². The molecule has 2 rings (SSSR count). The molecule has 0 aromatic heterocycles. The van der Waals surface area contributed by atoms with Crippen LogP contribution in [-0.4, -0.2) is 18.6 Å². The molecule has 0 radical (unpaired) electrons. The molecule has 1 amide bonds. The van der Waals surface area contributed by atoms with Crippen molar-refractivity contribution < 1.29 is 9.53 Å². The maximum absolute atomic E-state index is 11.9. The zero-order chi connectivity index (χ0) is 12.4. The van der Waals surface area contributed by atoms with Gasteiger partial charge in [0, 0.05) is 11.1 Å². The number of nitrogens with one attached hydrogen (secondary N) is 1. The maximum atomic E-state index is 11.9. The van der Waals surface area contributed by atoms with E-state index in [1.165, 1.54) is 0 Å². The lowest BCUT2D eigenvalue weighted by Crippen LogP contribution is -2.40. The third-order valence-electron chi connectivity index (χ3n) is 2.73. The van der Waals surface area contributed by atoms with E-state index in [1.54, 1.807) is 6.07 Å². The zero-order valence-corrected chi connectivity index (χ0v) is 10.8. The predicted octanol–water partition coefficient (Wildman–Crippen LogP) is 2.42. The number of benzene rings is 1. The van der Waals surface area contributed by atoms with Crippen LogP contribution in [0.25, 0.3) is 0 Å². The average molecular weight is 254 g/mol. The standard InChI is InChI=1S/C13H16ClNO2/c1-8(2)15-13(16)10-5-9-6-11(14)3-4-12(9)17-7-10/h3-4,6,8,10H,5,7H2,1-2H3,(H,15,16). The molecule has 0 saturated carbocycles. The number of fused-ring (bicyclic) bond motifs is 1. The Morgan fingerprint density at radius 1 is 1.53 bits per heavy atom. The Labute approximate surface area is 106 Å². The second-order valence-electron chi connectivity index (χ2n) is 4.63. The van der Waals surface area contributed by atoms with Gasteiger partial charge >= 0.3 is 0 Å². The number of carbonyl (C=O) groups is 1. The minimum atomic E-state index is -0.122. The van der Waals surface area contributed by atoms with Gasteiger partial charge < -0.3 is 10.1 Å². The highest BCUT2D eigenvalue weighted by Crippen LogP contribution is 2.29. The highest BCUT2D eigenvalue weighted by Gasteiger charge is 2.26. The Bertz CT molecular complexity index is 431. The van der Waals surface area contributed by atoms with Gasteiger partial charge in [-0.15, -0.1) is 0 Å². The minimum Gasteiger partial charge on any atom is -0.492 e. The molecule has 4 heteroatoms. The van der Waals surface area contributed by atoms with E-state index in [-0.39, 0.29) is 17.9 Å². The van der Waals surface area contributed by atoms with Crippen molar-refractivity contribution >= 4 is 17.5 Å². The monoisotopic (exact) mass is 253 g/mol. The molecule has 1 aliphatic heterocycles. The molecule has 1 aliphatic rings. The summed E-state index contributed by atoms with van der Waals surface area (Å²) in [6.07, 6.45) is 0.689. The topological polar surface area (TPSA) is 38.3 Å². The van der Waals surface area contributed by atoms with Crippen LogP contribution in [0.15, 0.2) is 18.2 Å². The molecule has 1 aromatic carbocycles. The molecular weight excluding hydrogens is 238 g/mol. The molecule has 0 spiro atoms. The third-order valence-corrected chi connectivity index (χ3v) is 2.97. The Morgan fingerprint density at radius 3 is 3.00 bits per heavy atom. The molecule has 17 heavy (non-hydrogen) atoms. The summed E-state index contributed by atoms with van der Waals surface area (Å²) in [6.45, 7) is 4.34. The number of halogens is 1. The number of carbonyl (C=O) groups excluding carboxylic acids is 1. The Balaban J connectivity index is 2.10. The van der Waals surface area contributed by atoms with Crippen LogP contribution in [0.3, 0.4) is 0 Å². The molecule has 1 unspecified atom stereocenters. The summed E-state index contributed by atoms with van der Waals surface area (Å²) < 4.78 is 5.57. The van der Waals surface area contributed by atoms with E-state index in [1.807, 2.05) is 26.0 Å². The summed E-state index contributed by atoms with van der Waals surface area (Å²) >= 11 is 5.93. The van der Waals surface area contributed by atoms with Gasteiger partial charge in [0.1, 0.15) is 12.4 Å². The number of ether oxygens (including phenoxy) is 1. The van der Waals surface area contributed by atoms with Gasteiger partial charge in [0.25, 0.3) is 0 Å². The average Bonchev–Trinajstić information content (AvgIpc) is 2.27. The molecule has 0 fully saturated rings. The summed E-state index contributed by atoms with van der Waals surface area (Å²) in [5, 5.41) is 3.58. The SMILES string of the molecule is CC(C)NC(=O)C1COc2ccc(Cl)cc2C1. The summed E-state index contributed by atoms with van der Waals surface area (Å²) in [4.78, 5) is 11.9. The van der Waals surface area contributed by atoms with Crippen LogP contribution in [0, 0.1) is 5.92 Å². The Morgan fingerprint density at radius 2 is 2.29 bits per heavy atom. The highest BCUT2D eigenvalue weighted by atomic mass is 35.5. The lowest BCUT2D eigenvalue weighted by Gasteiger charge is -2.25. The smallest absolute Gasteiger partial charge is 0.227 e. The lowest BCUT2D eigenvalue weighted by atomic mass is 9.96. The summed E-state index contributed by atoms with van der Waals surface area (Å²) in [5.41, 5.74) is 1.01. The molecular formula is C13H16ClNO2. The predicted molar refractivity (Wildman–Crippen MR) is 67.4 cm³/mol. The van der Waals surface area contributed by atoms with E-state index in [4.69, 9.17) is 16.3 Å². The summed E-state index contributed by atoms with van der Waals surface area (Å²) in [6, 6.07) is 5.68. The second-order valence-corrected chi connectivity index (χ2v) is 5.06.